The highest BCUT2D eigenvalue weighted by atomic mass is 32.2. The lowest BCUT2D eigenvalue weighted by Gasteiger charge is -2.23. The van der Waals surface area contributed by atoms with Crippen molar-refractivity contribution >= 4 is 23.4 Å². The van der Waals surface area contributed by atoms with Gasteiger partial charge in [-0.05, 0) is 17.7 Å². The molecule has 7 nitrogen and oxygen atoms in total. The average molecular weight is 339 g/mol. The van der Waals surface area contributed by atoms with E-state index in [1.165, 1.54) is 11.8 Å². The van der Waals surface area contributed by atoms with Crippen LogP contribution in [0.1, 0.15) is 12.0 Å². The van der Waals surface area contributed by atoms with Crippen LogP contribution in [-0.4, -0.2) is 31.8 Å². The predicted octanol–water partition coefficient (Wildman–Crippen LogP) is 1.40. The number of hydrogen-bond acceptors (Lipinski definition) is 7. The number of benzene rings is 1. The van der Waals surface area contributed by atoms with Crippen LogP contribution >= 0.6 is 11.8 Å². The predicted molar refractivity (Wildman–Crippen MR) is 85.4 cm³/mol. The first-order valence-electron chi connectivity index (χ1n) is 7.22. The maximum Gasteiger partial charge on any atom is 0.221 e. The van der Waals surface area contributed by atoms with Crippen molar-refractivity contribution in [3.8, 4) is 11.6 Å². The SMILES string of the molecule is O=C([O-])CC1Sc2nnc(-c3ccco3)n2N=C1c1ccccc1. The Labute approximate surface area is 141 Å². The molecule has 4 rings (SSSR count). The van der Waals surface area contributed by atoms with E-state index in [-0.39, 0.29) is 6.42 Å². The van der Waals surface area contributed by atoms with Gasteiger partial charge in [-0.25, -0.2) is 0 Å². The summed E-state index contributed by atoms with van der Waals surface area (Å²) >= 11 is 1.30. The van der Waals surface area contributed by atoms with Crippen molar-refractivity contribution in [2.45, 2.75) is 16.8 Å². The quantitative estimate of drug-likeness (QED) is 0.713. The summed E-state index contributed by atoms with van der Waals surface area (Å²) < 4.78 is 6.95. The molecule has 1 aromatic carbocycles. The minimum absolute atomic E-state index is 0.151. The molecule has 120 valence electrons. The first-order valence-corrected chi connectivity index (χ1v) is 8.10. The number of hydrogen-bond donors (Lipinski definition) is 0. The highest BCUT2D eigenvalue weighted by molar-refractivity contribution is 8.00. The molecule has 3 heterocycles. The molecule has 0 saturated heterocycles. The van der Waals surface area contributed by atoms with E-state index in [1.807, 2.05) is 30.3 Å². The number of aliphatic carboxylic acids is 1. The second-order valence-electron chi connectivity index (χ2n) is 5.13. The monoisotopic (exact) mass is 339 g/mol. The maximum absolute atomic E-state index is 11.1. The Morgan fingerprint density at radius 2 is 2.04 bits per heavy atom. The van der Waals surface area contributed by atoms with Crippen molar-refractivity contribution in [3.05, 3.63) is 54.3 Å². The molecule has 0 amide bonds. The summed E-state index contributed by atoms with van der Waals surface area (Å²) in [6.45, 7) is 0. The van der Waals surface area contributed by atoms with Crippen LogP contribution in [0.2, 0.25) is 0 Å². The molecule has 1 unspecified atom stereocenters. The molecular formula is C16H11N4O3S-. The Kier molecular flexibility index (Phi) is 3.66. The van der Waals surface area contributed by atoms with E-state index in [9.17, 15) is 9.90 Å². The Hall–Kier alpha value is -2.87. The Morgan fingerprint density at radius 1 is 1.21 bits per heavy atom. The minimum atomic E-state index is -1.13. The third-order valence-electron chi connectivity index (χ3n) is 3.54. The lowest BCUT2D eigenvalue weighted by molar-refractivity contribution is -0.305. The van der Waals surface area contributed by atoms with E-state index in [0.29, 0.717) is 22.5 Å². The molecule has 0 fully saturated rings. The van der Waals surface area contributed by atoms with Crippen molar-refractivity contribution in [2.24, 2.45) is 5.10 Å². The fourth-order valence-electron chi connectivity index (χ4n) is 2.49. The third-order valence-corrected chi connectivity index (χ3v) is 4.68. The van der Waals surface area contributed by atoms with Gasteiger partial charge in [-0.15, -0.1) is 10.2 Å². The number of carbonyl (C=O) groups excluding carboxylic acids is 1. The number of carboxylic acids is 1. The van der Waals surface area contributed by atoms with Gasteiger partial charge in [0.05, 0.1) is 17.2 Å². The molecule has 1 aliphatic rings. The van der Waals surface area contributed by atoms with E-state index in [2.05, 4.69) is 15.3 Å². The van der Waals surface area contributed by atoms with Gasteiger partial charge >= 0.3 is 0 Å². The van der Waals surface area contributed by atoms with Crippen molar-refractivity contribution < 1.29 is 14.3 Å². The van der Waals surface area contributed by atoms with Crippen LogP contribution in [0.15, 0.2) is 63.4 Å². The van der Waals surface area contributed by atoms with Crippen molar-refractivity contribution in [1.29, 1.82) is 0 Å². The molecule has 2 aromatic heterocycles. The molecule has 0 bridgehead atoms. The molecule has 24 heavy (non-hydrogen) atoms. The molecule has 8 heteroatoms. The van der Waals surface area contributed by atoms with Crippen LogP contribution in [0.25, 0.3) is 11.6 Å². The fourth-order valence-corrected chi connectivity index (χ4v) is 3.57. The summed E-state index contributed by atoms with van der Waals surface area (Å²) in [5.74, 6) is -0.109. The van der Waals surface area contributed by atoms with Gasteiger partial charge in [-0.3, -0.25) is 0 Å². The Morgan fingerprint density at radius 3 is 2.75 bits per heavy atom. The van der Waals surface area contributed by atoms with Crippen LogP contribution in [0, 0.1) is 0 Å². The first-order chi connectivity index (χ1) is 11.7. The zero-order valence-corrected chi connectivity index (χ0v) is 13.1. The van der Waals surface area contributed by atoms with Crippen LogP contribution in [0.5, 0.6) is 0 Å². The average Bonchev–Trinajstić information content (AvgIpc) is 3.23. The first kappa shape index (κ1) is 14.7. The number of fused-ring (bicyclic) bond motifs is 1. The third kappa shape index (κ3) is 2.61. The number of carboxylic acid groups (broad SMARTS) is 1. The van der Waals surface area contributed by atoms with Gasteiger partial charge in [0, 0.05) is 12.4 Å². The highest BCUT2D eigenvalue weighted by Gasteiger charge is 2.29. The molecule has 0 radical (unpaired) electrons. The number of thioether (sulfide) groups is 1. The van der Waals surface area contributed by atoms with Gasteiger partial charge in [0.15, 0.2) is 5.76 Å². The van der Waals surface area contributed by atoms with E-state index in [1.54, 1.807) is 23.1 Å². The van der Waals surface area contributed by atoms with Crippen LogP contribution in [0.3, 0.4) is 0 Å². The molecule has 0 spiro atoms. The van der Waals surface area contributed by atoms with Crippen LogP contribution in [0.4, 0.5) is 0 Å². The Balaban J connectivity index is 1.83. The molecule has 0 N–H and O–H groups in total. The van der Waals surface area contributed by atoms with Crippen molar-refractivity contribution in [2.75, 3.05) is 0 Å². The standard InChI is InChI=1S/C16H12N4O3S/c21-13(22)9-12-14(10-5-2-1-3-6-10)19-20-15(11-7-4-8-23-11)17-18-16(20)24-12/h1-8,12H,9H2,(H,21,22)/p-1. The van der Waals surface area contributed by atoms with E-state index < -0.39 is 11.2 Å². The lowest BCUT2D eigenvalue weighted by Crippen LogP contribution is -2.32. The van der Waals surface area contributed by atoms with Crippen LogP contribution in [-0.2, 0) is 4.79 Å². The van der Waals surface area contributed by atoms with Gasteiger partial charge in [0.25, 0.3) is 0 Å². The number of carbonyl (C=O) groups is 1. The van der Waals surface area contributed by atoms with Gasteiger partial charge in [0.1, 0.15) is 0 Å². The van der Waals surface area contributed by atoms with Gasteiger partial charge in [-0.2, -0.15) is 9.78 Å². The van der Waals surface area contributed by atoms with Gasteiger partial charge in [-0.1, -0.05) is 42.1 Å². The second-order valence-corrected chi connectivity index (χ2v) is 6.30. The summed E-state index contributed by atoms with van der Waals surface area (Å²) in [5, 5.41) is 24.0. The summed E-state index contributed by atoms with van der Waals surface area (Å²) in [7, 11) is 0. The van der Waals surface area contributed by atoms with Gasteiger partial charge < -0.3 is 14.3 Å². The minimum Gasteiger partial charge on any atom is -0.550 e. The maximum atomic E-state index is 11.1. The summed E-state index contributed by atoms with van der Waals surface area (Å²) in [4.78, 5) is 11.1. The smallest absolute Gasteiger partial charge is 0.221 e. The fraction of sp³-hybridized carbons (Fsp3) is 0.125. The zero-order chi connectivity index (χ0) is 16.5. The molecular weight excluding hydrogens is 328 g/mol. The number of aromatic nitrogens is 3. The van der Waals surface area contributed by atoms with Crippen molar-refractivity contribution in [1.82, 2.24) is 14.9 Å². The lowest BCUT2D eigenvalue weighted by atomic mass is 10.1. The summed E-state index contributed by atoms with van der Waals surface area (Å²) in [6.07, 6.45) is 1.40. The molecule has 0 saturated carbocycles. The number of rotatable bonds is 4. The van der Waals surface area contributed by atoms with Crippen LogP contribution < -0.4 is 5.11 Å². The molecule has 1 aliphatic heterocycles. The van der Waals surface area contributed by atoms with E-state index >= 15 is 0 Å². The zero-order valence-electron chi connectivity index (χ0n) is 12.3. The van der Waals surface area contributed by atoms with E-state index in [0.717, 1.165) is 5.56 Å². The van der Waals surface area contributed by atoms with Crippen molar-refractivity contribution in [3.63, 3.8) is 0 Å². The second kappa shape index (κ2) is 5.97. The largest absolute Gasteiger partial charge is 0.550 e. The molecule has 0 aliphatic carbocycles. The number of nitrogens with zero attached hydrogens (tertiary/aromatic N) is 4. The normalized spacial score (nSPS) is 16.5. The van der Waals surface area contributed by atoms with E-state index in [4.69, 9.17) is 4.42 Å². The van der Waals surface area contributed by atoms with Gasteiger partial charge in [0.2, 0.25) is 11.0 Å². The number of furan rings is 1. The topological polar surface area (TPSA) is 96.3 Å². The highest BCUT2D eigenvalue weighted by Crippen LogP contribution is 2.34. The Bertz CT molecular complexity index is 903. The summed E-state index contributed by atoms with van der Waals surface area (Å²) in [5.41, 5.74) is 1.49. The molecule has 1 atom stereocenters. The summed E-state index contributed by atoms with van der Waals surface area (Å²) in [6, 6.07) is 13.0. The molecule has 3 aromatic rings.